The van der Waals surface area contributed by atoms with Crippen LogP contribution in [0.25, 0.3) is 0 Å². The van der Waals surface area contributed by atoms with Gasteiger partial charge in [-0.2, -0.15) is 0 Å². The predicted molar refractivity (Wildman–Crippen MR) is 143 cm³/mol. The van der Waals surface area contributed by atoms with Gasteiger partial charge < -0.3 is 16.2 Å². The first-order valence-corrected chi connectivity index (χ1v) is 14.1. The van der Waals surface area contributed by atoms with Crippen LogP contribution in [-0.4, -0.2) is 6.10 Å². The second-order valence-corrected chi connectivity index (χ2v) is 13.4. The van der Waals surface area contributed by atoms with Crippen LogP contribution in [0.4, 0.5) is 11.4 Å². The summed E-state index contributed by atoms with van der Waals surface area (Å²) in [5.74, 6) is 6.00. The van der Waals surface area contributed by atoms with Gasteiger partial charge in [0.25, 0.3) is 0 Å². The molecule has 0 heterocycles. The van der Waals surface area contributed by atoms with Gasteiger partial charge in [0.15, 0.2) is 0 Å². The minimum atomic E-state index is 0.210. The molecule has 0 amide bonds. The summed E-state index contributed by atoms with van der Waals surface area (Å²) in [5.41, 5.74) is 16.2. The summed E-state index contributed by atoms with van der Waals surface area (Å²) >= 11 is 0. The molecule has 5 rings (SSSR count). The molecular formula is C31H48N2O. The highest BCUT2D eigenvalue weighted by molar-refractivity contribution is 5.59. The zero-order valence-corrected chi connectivity index (χ0v) is 22.3. The number of nitrogens with two attached hydrogens (primary N) is 2. The Hall–Kier alpha value is -1.64. The van der Waals surface area contributed by atoms with Gasteiger partial charge in [-0.3, -0.25) is 0 Å². The molecule has 0 spiro atoms. The van der Waals surface area contributed by atoms with Crippen LogP contribution >= 0.6 is 0 Å². The Morgan fingerprint density at radius 3 is 2.56 bits per heavy atom. The van der Waals surface area contributed by atoms with Crippen molar-refractivity contribution >= 4 is 11.4 Å². The maximum absolute atomic E-state index is 6.41. The number of ether oxygens (including phenoxy) is 1. The average molecular weight is 465 g/mol. The first kappa shape index (κ1) is 24.1. The fourth-order valence-corrected chi connectivity index (χ4v) is 9.44. The summed E-state index contributed by atoms with van der Waals surface area (Å²) in [5, 5.41) is 0. The zero-order valence-electron chi connectivity index (χ0n) is 22.3. The van der Waals surface area contributed by atoms with Crippen LogP contribution in [-0.2, 0) is 0 Å². The number of hydrogen-bond acceptors (Lipinski definition) is 3. The third-order valence-corrected chi connectivity index (χ3v) is 11.0. The molecule has 4 aliphatic carbocycles. The van der Waals surface area contributed by atoms with E-state index in [9.17, 15) is 0 Å². The van der Waals surface area contributed by atoms with Crippen molar-refractivity contribution in [3.05, 3.63) is 29.8 Å². The molecule has 8 atom stereocenters. The van der Waals surface area contributed by atoms with Crippen LogP contribution in [0.5, 0.6) is 5.75 Å². The van der Waals surface area contributed by atoms with Crippen molar-refractivity contribution < 1.29 is 4.74 Å². The Morgan fingerprint density at radius 2 is 1.79 bits per heavy atom. The number of fused-ring (bicyclic) bond motifs is 5. The smallest absolute Gasteiger partial charge is 0.144 e. The number of rotatable bonds is 5. The largest absolute Gasteiger partial charge is 0.488 e. The molecule has 0 bridgehead atoms. The van der Waals surface area contributed by atoms with Gasteiger partial charge in [-0.15, -0.1) is 0 Å². The van der Waals surface area contributed by atoms with E-state index in [1.54, 1.807) is 5.57 Å². The Bertz CT molecular complexity index is 937. The number of benzene rings is 1. The quantitative estimate of drug-likeness (QED) is 0.344. The highest BCUT2D eigenvalue weighted by Gasteiger charge is 2.59. The van der Waals surface area contributed by atoms with Crippen molar-refractivity contribution in [2.45, 2.75) is 98.5 Å². The fourth-order valence-electron chi connectivity index (χ4n) is 9.44. The Morgan fingerprint density at radius 1 is 1.00 bits per heavy atom. The summed E-state index contributed by atoms with van der Waals surface area (Å²) in [4.78, 5) is 0. The van der Waals surface area contributed by atoms with Crippen LogP contribution in [0.1, 0.15) is 92.4 Å². The van der Waals surface area contributed by atoms with Crippen molar-refractivity contribution in [3.63, 3.8) is 0 Å². The van der Waals surface area contributed by atoms with Crippen LogP contribution in [0.3, 0.4) is 0 Å². The summed E-state index contributed by atoms with van der Waals surface area (Å²) in [6.45, 7) is 12.6. The van der Waals surface area contributed by atoms with E-state index in [-0.39, 0.29) is 6.10 Å². The Kier molecular flexibility index (Phi) is 6.22. The third-order valence-electron chi connectivity index (χ3n) is 11.0. The molecule has 3 fully saturated rings. The molecule has 0 aromatic heterocycles. The van der Waals surface area contributed by atoms with E-state index in [1.165, 1.54) is 44.9 Å². The number of anilines is 2. The lowest BCUT2D eigenvalue weighted by Gasteiger charge is -2.58. The second-order valence-electron chi connectivity index (χ2n) is 13.4. The molecule has 0 aliphatic heterocycles. The minimum absolute atomic E-state index is 0.210. The van der Waals surface area contributed by atoms with Crippen molar-refractivity contribution in [2.24, 2.45) is 46.3 Å². The molecular weight excluding hydrogens is 416 g/mol. The van der Waals surface area contributed by atoms with Crippen molar-refractivity contribution in [1.82, 2.24) is 0 Å². The topological polar surface area (TPSA) is 61.3 Å². The average Bonchev–Trinajstić information content (AvgIpc) is 3.13. The number of allylic oxidation sites excluding steroid dienone is 1. The number of nitrogen functional groups attached to an aromatic ring is 2. The maximum Gasteiger partial charge on any atom is 0.144 e. The van der Waals surface area contributed by atoms with E-state index in [0.717, 1.165) is 54.1 Å². The van der Waals surface area contributed by atoms with E-state index in [4.69, 9.17) is 16.2 Å². The van der Waals surface area contributed by atoms with Gasteiger partial charge in [-0.05, 0) is 110 Å². The van der Waals surface area contributed by atoms with E-state index in [0.29, 0.717) is 22.2 Å². The second kappa shape index (κ2) is 8.79. The van der Waals surface area contributed by atoms with Gasteiger partial charge in [-0.1, -0.05) is 46.3 Å². The lowest BCUT2D eigenvalue weighted by molar-refractivity contribution is -0.0564. The SMILES string of the molecule is CC(C)CC(C)C1CCC2C3CC=C4CC(Oc5cc(N)ccc5N)CCC4(C)C3CCC12C. The monoisotopic (exact) mass is 464 g/mol. The highest BCUT2D eigenvalue weighted by atomic mass is 16.5. The summed E-state index contributed by atoms with van der Waals surface area (Å²) in [6.07, 6.45) is 14.7. The predicted octanol–water partition coefficient (Wildman–Crippen LogP) is 7.86. The molecule has 3 heteroatoms. The molecule has 1 aromatic rings. The molecule has 34 heavy (non-hydrogen) atoms. The highest BCUT2D eigenvalue weighted by Crippen LogP contribution is 2.67. The fraction of sp³-hybridized carbons (Fsp3) is 0.742. The molecule has 188 valence electrons. The molecule has 8 unspecified atom stereocenters. The van der Waals surface area contributed by atoms with Crippen molar-refractivity contribution in [1.29, 1.82) is 0 Å². The van der Waals surface area contributed by atoms with E-state index >= 15 is 0 Å². The molecule has 0 saturated heterocycles. The van der Waals surface area contributed by atoms with Crippen LogP contribution in [0.2, 0.25) is 0 Å². The molecule has 0 radical (unpaired) electrons. The maximum atomic E-state index is 6.41. The number of hydrogen-bond donors (Lipinski definition) is 2. The van der Waals surface area contributed by atoms with Crippen LogP contribution in [0, 0.1) is 46.3 Å². The summed E-state index contributed by atoms with van der Waals surface area (Å²) in [7, 11) is 0. The Balaban J connectivity index is 1.32. The van der Waals surface area contributed by atoms with Gasteiger partial charge in [0.1, 0.15) is 11.9 Å². The van der Waals surface area contributed by atoms with Gasteiger partial charge in [0.2, 0.25) is 0 Å². The van der Waals surface area contributed by atoms with Gasteiger partial charge >= 0.3 is 0 Å². The minimum Gasteiger partial charge on any atom is -0.488 e. The van der Waals surface area contributed by atoms with Gasteiger partial charge in [0, 0.05) is 18.2 Å². The van der Waals surface area contributed by atoms with E-state index < -0.39 is 0 Å². The van der Waals surface area contributed by atoms with Crippen LogP contribution in [0.15, 0.2) is 29.8 Å². The van der Waals surface area contributed by atoms with Gasteiger partial charge in [-0.25, -0.2) is 0 Å². The molecule has 4 aliphatic rings. The molecule has 3 nitrogen and oxygen atoms in total. The van der Waals surface area contributed by atoms with E-state index in [1.807, 2.05) is 18.2 Å². The molecule has 4 N–H and O–H groups in total. The molecule has 1 aromatic carbocycles. The third kappa shape index (κ3) is 3.95. The lowest BCUT2D eigenvalue weighted by atomic mass is 9.47. The summed E-state index contributed by atoms with van der Waals surface area (Å²) < 4.78 is 6.41. The van der Waals surface area contributed by atoms with Gasteiger partial charge in [0.05, 0.1) is 5.69 Å². The standard InChI is InChI=1S/C31H48N2O/c1-19(2)16-20(3)25-9-10-26-24-8-6-21-17-23(34-29-18-22(32)7-11-28(29)33)12-14-30(21,4)27(24)13-15-31(25,26)5/h6-7,11,18-20,23-27H,8-10,12-17,32-33H2,1-5H3. The lowest BCUT2D eigenvalue weighted by Crippen LogP contribution is -2.51. The zero-order chi connectivity index (χ0) is 24.3. The normalized spacial score (nSPS) is 40.2. The molecule has 3 saturated carbocycles. The summed E-state index contributed by atoms with van der Waals surface area (Å²) in [6, 6.07) is 5.59. The first-order valence-electron chi connectivity index (χ1n) is 14.1. The van der Waals surface area contributed by atoms with Crippen molar-refractivity contribution in [2.75, 3.05) is 11.5 Å². The Labute approximate surface area is 208 Å². The van der Waals surface area contributed by atoms with Crippen LogP contribution < -0.4 is 16.2 Å². The van der Waals surface area contributed by atoms with Crippen molar-refractivity contribution in [3.8, 4) is 5.75 Å². The van der Waals surface area contributed by atoms with E-state index in [2.05, 4.69) is 40.7 Å². The first-order chi connectivity index (χ1) is 16.1.